The molecule has 1 saturated carbocycles. The number of hydrogen-bond acceptors (Lipinski definition) is 10. The fourth-order valence-electron chi connectivity index (χ4n) is 5.36. The molecule has 34 heavy (non-hydrogen) atoms. The van der Waals surface area contributed by atoms with Crippen molar-refractivity contribution in [2.45, 2.75) is 51.6 Å². The van der Waals surface area contributed by atoms with E-state index in [0.29, 0.717) is 31.0 Å². The molecule has 0 aromatic carbocycles. The van der Waals surface area contributed by atoms with Crippen LogP contribution in [0.1, 0.15) is 44.7 Å². The second kappa shape index (κ2) is 9.18. The Morgan fingerprint density at radius 1 is 1.21 bits per heavy atom. The number of aromatic nitrogens is 6. The fourth-order valence-corrected chi connectivity index (χ4v) is 5.36. The quantitative estimate of drug-likeness (QED) is 0.562. The molecule has 0 bridgehead atoms. The van der Waals surface area contributed by atoms with Crippen molar-refractivity contribution in [3.63, 3.8) is 0 Å². The zero-order chi connectivity index (χ0) is 23.7. The van der Waals surface area contributed by atoms with Crippen molar-refractivity contribution in [3.05, 3.63) is 35.4 Å². The van der Waals surface area contributed by atoms with Crippen LogP contribution < -0.4 is 0 Å². The van der Waals surface area contributed by atoms with Gasteiger partial charge in [0, 0.05) is 25.7 Å². The van der Waals surface area contributed by atoms with Gasteiger partial charge in [0.25, 0.3) is 0 Å². The summed E-state index contributed by atoms with van der Waals surface area (Å²) in [4.78, 5) is 29.1. The van der Waals surface area contributed by atoms with Crippen molar-refractivity contribution in [1.29, 1.82) is 0 Å². The molecule has 2 aliphatic heterocycles. The second-order valence-corrected chi connectivity index (χ2v) is 9.20. The van der Waals surface area contributed by atoms with Crippen LogP contribution in [0.15, 0.2) is 29.7 Å². The highest BCUT2D eigenvalue weighted by molar-refractivity contribution is 5.94. The van der Waals surface area contributed by atoms with Crippen LogP contribution in [0.3, 0.4) is 0 Å². The van der Waals surface area contributed by atoms with E-state index in [1.54, 1.807) is 11.8 Å². The number of aliphatic hydroxyl groups excluding tert-OH is 1. The van der Waals surface area contributed by atoms with Crippen molar-refractivity contribution in [2.75, 3.05) is 26.3 Å². The van der Waals surface area contributed by atoms with E-state index in [9.17, 15) is 14.7 Å². The van der Waals surface area contributed by atoms with E-state index in [0.717, 1.165) is 43.5 Å². The summed E-state index contributed by atoms with van der Waals surface area (Å²) in [6.07, 6.45) is 5.57. The molecule has 2 aromatic rings. The fraction of sp³-hybridized carbons (Fsp3) is 0.591. The van der Waals surface area contributed by atoms with E-state index in [2.05, 4.69) is 30.6 Å². The summed E-state index contributed by atoms with van der Waals surface area (Å²) in [6, 6.07) is 3.95. The second-order valence-electron chi connectivity index (χ2n) is 9.20. The third-order valence-electron chi connectivity index (χ3n) is 7.39. The van der Waals surface area contributed by atoms with Gasteiger partial charge in [-0.2, -0.15) is 9.78 Å². The number of tetrazole rings is 1. The van der Waals surface area contributed by atoms with Crippen LogP contribution in [-0.2, 0) is 20.9 Å². The zero-order valence-electron chi connectivity index (χ0n) is 19.1. The van der Waals surface area contributed by atoms with Crippen LogP contribution in [0.4, 0.5) is 0 Å². The highest BCUT2D eigenvalue weighted by atomic mass is 16.5. The van der Waals surface area contributed by atoms with E-state index in [4.69, 9.17) is 4.74 Å². The summed E-state index contributed by atoms with van der Waals surface area (Å²) in [7, 11) is 0. The van der Waals surface area contributed by atoms with Crippen molar-refractivity contribution < 1.29 is 19.4 Å². The third kappa shape index (κ3) is 4.07. The number of carbonyl (C=O) groups is 2. The molecule has 12 nitrogen and oxygen atoms in total. The largest absolute Gasteiger partial charge is 0.456 e. The van der Waals surface area contributed by atoms with Gasteiger partial charge in [-0.1, -0.05) is 0 Å². The van der Waals surface area contributed by atoms with E-state index in [-0.39, 0.29) is 36.5 Å². The zero-order valence-corrected chi connectivity index (χ0v) is 19.1. The van der Waals surface area contributed by atoms with Crippen LogP contribution in [0.5, 0.6) is 0 Å². The van der Waals surface area contributed by atoms with E-state index in [1.807, 2.05) is 12.1 Å². The molecule has 1 saturated heterocycles. The topological polar surface area (TPSA) is 139 Å². The van der Waals surface area contributed by atoms with Crippen LogP contribution in [-0.4, -0.2) is 89.5 Å². The summed E-state index contributed by atoms with van der Waals surface area (Å²) in [5, 5.41) is 29.2. The van der Waals surface area contributed by atoms with Gasteiger partial charge in [0.2, 0.25) is 5.91 Å². The first-order valence-corrected chi connectivity index (χ1v) is 11.6. The predicted molar refractivity (Wildman–Crippen MR) is 117 cm³/mol. The standard InChI is InChI=1S/C22H28N8O4/c1-15-18(13-34-20(15)32)29-9-8-22(21(29)33)6-4-17(5-7-22)28(10-11-31)12-16-2-3-19(25-24-16)30-14-23-26-27-30/h2-3,14,17,31H,4-13H2,1H3/t17-,22-. The minimum absolute atomic E-state index is 0.0476. The minimum atomic E-state index is -0.367. The molecule has 1 aliphatic carbocycles. The number of ether oxygens (including phenoxy) is 1. The van der Waals surface area contributed by atoms with E-state index >= 15 is 0 Å². The summed E-state index contributed by atoms with van der Waals surface area (Å²) in [6.45, 7) is 3.69. The van der Waals surface area contributed by atoms with Gasteiger partial charge >= 0.3 is 5.97 Å². The van der Waals surface area contributed by atoms with Crippen LogP contribution in [0, 0.1) is 5.41 Å². The van der Waals surface area contributed by atoms with Crippen LogP contribution >= 0.6 is 0 Å². The maximum atomic E-state index is 13.4. The number of rotatable bonds is 7. The summed E-state index contributed by atoms with van der Waals surface area (Å²) in [5.74, 6) is 0.323. The Labute approximate surface area is 196 Å². The molecule has 12 heteroatoms. The number of nitrogens with zero attached hydrogens (tertiary/aromatic N) is 8. The van der Waals surface area contributed by atoms with Gasteiger partial charge in [0.05, 0.1) is 29.0 Å². The molecular formula is C22H28N8O4. The van der Waals surface area contributed by atoms with Gasteiger partial charge in [0.1, 0.15) is 12.9 Å². The Hall–Kier alpha value is -3.25. The number of carbonyl (C=O) groups excluding carboxylic acids is 2. The highest BCUT2D eigenvalue weighted by Crippen LogP contribution is 2.47. The van der Waals surface area contributed by atoms with Crippen LogP contribution in [0.25, 0.3) is 5.82 Å². The Bertz CT molecular complexity index is 1080. The lowest BCUT2D eigenvalue weighted by molar-refractivity contribution is -0.138. The van der Waals surface area contributed by atoms with Gasteiger partial charge in [-0.25, -0.2) is 4.79 Å². The Morgan fingerprint density at radius 3 is 2.65 bits per heavy atom. The Kier molecular flexibility index (Phi) is 6.09. The summed E-state index contributed by atoms with van der Waals surface area (Å²) < 4.78 is 6.56. The smallest absolute Gasteiger partial charge is 0.336 e. The van der Waals surface area contributed by atoms with Crippen molar-refractivity contribution in [3.8, 4) is 5.82 Å². The molecule has 1 amide bonds. The molecule has 2 aromatic heterocycles. The Balaban J connectivity index is 1.23. The van der Waals surface area contributed by atoms with E-state index < -0.39 is 0 Å². The third-order valence-corrected chi connectivity index (χ3v) is 7.39. The number of hydrogen-bond donors (Lipinski definition) is 1. The number of esters is 1. The molecule has 4 heterocycles. The van der Waals surface area contributed by atoms with Gasteiger partial charge < -0.3 is 14.7 Å². The first kappa shape index (κ1) is 22.5. The minimum Gasteiger partial charge on any atom is -0.456 e. The lowest BCUT2D eigenvalue weighted by Gasteiger charge is -2.40. The number of aliphatic hydroxyl groups is 1. The molecule has 0 unspecified atom stereocenters. The van der Waals surface area contributed by atoms with Gasteiger partial charge in [-0.3, -0.25) is 9.69 Å². The molecule has 1 spiro atoms. The van der Waals surface area contributed by atoms with E-state index in [1.165, 1.54) is 11.0 Å². The highest BCUT2D eigenvalue weighted by Gasteiger charge is 2.50. The van der Waals surface area contributed by atoms with Crippen molar-refractivity contribution >= 4 is 11.9 Å². The first-order chi connectivity index (χ1) is 16.5. The molecule has 180 valence electrons. The number of amides is 1. The first-order valence-electron chi connectivity index (χ1n) is 11.6. The van der Waals surface area contributed by atoms with Crippen molar-refractivity contribution in [2.24, 2.45) is 5.41 Å². The average molecular weight is 469 g/mol. The SMILES string of the molecule is CC1=C(N2CC[C@]3(CC[C@@H](N(CCO)Cc4ccc(-n5cnnn5)nn4)CC3)C2=O)COC1=O. The van der Waals surface area contributed by atoms with Gasteiger partial charge in [-0.05, 0) is 61.6 Å². The van der Waals surface area contributed by atoms with Gasteiger partial charge in [-0.15, -0.1) is 10.2 Å². The molecule has 1 N–H and O–H groups in total. The normalized spacial score (nSPS) is 25.1. The number of likely N-dealkylation sites (tertiary alicyclic amines) is 1. The number of cyclic esters (lactones) is 1. The molecule has 0 radical (unpaired) electrons. The maximum absolute atomic E-state index is 13.4. The van der Waals surface area contributed by atoms with Crippen LogP contribution in [0.2, 0.25) is 0 Å². The predicted octanol–water partition coefficient (Wildman–Crippen LogP) is 0.239. The summed E-state index contributed by atoms with van der Waals surface area (Å²) in [5.41, 5.74) is 1.69. The molecule has 5 rings (SSSR count). The molecule has 2 fully saturated rings. The monoisotopic (exact) mass is 468 g/mol. The Morgan fingerprint density at radius 2 is 2.03 bits per heavy atom. The molecular weight excluding hydrogens is 440 g/mol. The lowest BCUT2D eigenvalue weighted by atomic mass is 9.71. The molecule has 0 atom stereocenters. The lowest BCUT2D eigenvalue weighted by Crippen LogP contribution is -2.44. The molecule has 3 aliphatic rings. The van der Waals surface area contributed by atoms with Gasteiger partial charge in [0.15, 0.2) is 5.82 Å². The average Bonchev–Trinajstić information content (AvgIpc) is 3.57. The summed E-state index contributed by atoms with van der Waals surface area (Å²) >= 11 is 0. The maximum Gasteiger partial charge on any atom is 0.336 e. The van der Waals surface area contributed by atoms with Crippen molar-refractivity contribution in [1.82, 2.24) is 40.2 Å².